The highest BCUT2D eigenvalue weighted by atomic mass is 16.5. The van der Waals surface area contributed by atoms with Crippen molar-refractivity contribution in [2.75, 3.05) is 48.7 Å². The van der Waals surface area contributed by atoms with Crippen LogP contribution < -0.4 is 28.4 Å². The number of hydrogen-bond acceptors (Lipinski definition) is 7. The van der Waals surface area contributed by atoms with Crippen molar-refractivity contribution >= 4 is 12.0 Å². The van der Waals surface area contributed by atoms with E-state index >= 15 is 0 Å². The molecule has 3 aromatic carbocycles. The molecule has 0 N–H and O–H groups in total. The number of benzene rings is 3. The van der Waals surface area contributed by atoms with E-state index in [-0.39, 0.29) is 18.6 Å². The minimum Gasteiger partial charge on any atom is -0.493 e. The van der Waals surface area contributed by atoms with Crippen molar-refractivity contribution in [2.24, 2.45) is 0 Å². The van der Waals surface area contributed by atoms with E-state index in [1.807, 2.05) is 59.5 Å². The van der Waals surface area contributed by atoms with Crippen molar-refractivity contribution < 1.29 is 33.2 Å². The molecule has 1 aliphatic rings. The zero-order valence-corrected chi connectivity index (χ0v) is 22.4. The first-order chi connectivity index (χ1) is 18.5. The van der Waals surface area contributed by atoms with Crippen LogP contribution in [0.1, 0.15) is 22.7 Å². The molecule has 0 saturated carbocycles. The van der Waals surface area contributed by atoms with Crippen LogP contribution in [0.5, 0.6) is 34.5 Å². The summed E-state index contributed by atoms with van der Waals surface area (Å²) < 4.78 is 33.4. The van der Waals surface area contributed by atoms with Gasteiger partial charge in [0.1, 0.15) is 6.61 Å². The molecule has 0 spiro atoms. The summed E-state index contributed by atoms with van der Waals surface area (Å²) in [4.78, 5) is 15.3. The van der Waals surface area contributed by atoms with E-state index in [2.05, 4.69) is 0 Å². The Hall–Kier alpha value is -4.33. The predicted octanol–water partition coefficient (Wildman–Crippen LogP) is 4.95. The number of para-hydroxylation sites is 2. The number of fused-ring (bicyclic) bond motifs is 1. The molecule has 0 bridgehead atoms. The lowest BCUT2D eigenvalue weighted by atomic mass is 9.92. The average Bonchev–Trinajstić information content (AvgIpc) is 2.97. The summed E-state index contributed by atoms with van der Waals surface area (Å²) in [6.45, 7) is 0.760. The minimum absolute atomic E-state index is 0.131. The van der Waals surface area contributed by atoms with Crippen molar-refractivity contribution in [1.29, 1.82) is 0 Å². The van der Waals surface area contributed by atoms with Crippen LogP contribution in [0.3, 0.4) is 0 Å². The molecule has 3 aromatic rings. The molecule has 1 aliphatic heterocycles. The van der Waals surface area contributed by atoms with E-state index in [1.165, 1.54) is 0 Å². The van der Waals surface area contributed by atoms with Gasteiger partial charge in [0.15, 0.2) is 34.5 Å². The summed E-state index contributed by atoms with van der Waals surface area (Å²) in [5, 5.41) is 0. The first kappa shape index (κ1) is 26.7. The summed E-state index contributed by atoms with van der Waals surface area (Å²) in [5.74, 6) is 3.58. The van der Waals surface area contributed by atoms with Crippen molar-refractivity contribution in [3.63, 3.8) is 0 Å². The normalized spacial score (nSPS) is 14.6. The number of rotatable bonds is 10. The second kappa shape index (κ2) is 12.3. The van der Waals surface area contributed by atoms with Gasteiger partial charge in [0, 0.05) is 12.6 Å². The third-order valence-electron chi connectivity index (χ3n) is 6.58. The van der Waals surface area contributed by atoms with Gasteiger partial charge in [0.05, 0.1) is 41.6 Å². The van der Waals surface area contributed by atoms with Gasteiger partial charge in [-0.3, -0.25) is 4.79 Å². The van der Waals surface area contributed by atoms with E-state index < -0.39 is 0 Å². The third kappa shape index (κ3) is 5.64. The molecule has 8 heteroatoms. The van der Waals surface area contributed by atoms with E-state index in [9.17, 15) is 4.79 Å². The van der Waals surface area contributed by atoms with Gasteiger partial charge < -0.3 is 33.3 Å². The second-order valence-corrected chi connectivity index (χ2v) is 8.61. The highest BCUT2D eigenvalue weighted by Gasteiger charge is 2.32. The van der Waals surface area contributed by atoms with Crippen LogP contribution in [0.2, 0.25) is 0 Å². The summed E-state index contributed by atoms with van der Waals surface area (Å²) in [7, 11) is 7.98. The standard InChI is InChI=1S/C30H33NO7/c1-33-24-8-6-7-9-26(24)38-19-23-22-18-29(37-5)28(36-4)17-21(22)14-15-31(23)30(32)13-11-20-10-12-25(34-2)27(16-20)35-3/h6-13,16-18,23H,14-15,19H2,1-5H3/b13-11+/t23-/m1/s1. The average molecular weight is 520 g/mol. The van der Waals surface area contributed by atoms with Gasteiger partial charge in [-0.15, -0.1) is 0 Å². The Morgan fingerprint density at radius 2 is 1.39 bits per heavy atom. The topological polar surface area (TPSA) is 75.7 Å². The molecule has 38 heavy (non-hydrogen) atoms. The predicted molar refractivity (Wildman–Crippen MR) is 145 cm³/mol. The SMILES string of the molecule is COc1ccc(/C=C/C(=O)N2CCc3cc(OC)c(OC)cc3[C@H]2COc2ccccc2OC)cc1OC. The third-order valence-corrected chi connectivity index (χ3v) is 6.58. The van der Waals surface area contributed by atoms with E-state index in [1.54, 1.807) is 47.7 Å². The number of ether oxygens (including phenoxy) is 6. The lowest BCUT2D eigenvalue weighted by Crippen LogP contribution is -2.41. The Morgan fingerprint density at radius 1 is 0.789 bits per heavy atom. The quantitative estimate of drug-likeness (QED) is 0.351. The zero-order chi connectivity index (χ0) is 27.1. The summed E-state index contributed by atoms with van der Waals surface area (Å²) in [6, 6.07) is 16.5. The summed E-state index contributed by atoms with van der Waals surface area (Å²) >= 11 is 0. The summed E-state index contributed by atoms with van der Waals surface area (Å²) in [6.07, 6.45) is 4.02. The number of nitrogens with zero attached hydrogens (tertiary/aromatic N) is 1. The van der Waals surface area contributed by atoms with Crippen LogP contribution in [0.4, 0.5) is 0 Å². The van der Waals surface area contributed by atoms with Gasteiger partial charge in [-0.2, -0.15) is 0 Å². The fourth-order valence-corrected chi connectivity index (χ4v) is 4.60. The lowest BCUT2D eigenvalue weighted by molar-refractivity contribution is -0.129. The Bertz CT molecular complexity index is 1300. The lowest BCUT2D eigenvalue weighted by Gasteiger charge is -2.37. The molecule has 0 unspecified atom stereocenters. The number of hydrogen-bond donors (Lipinski definition) is 0. The van der Waals surface area contributed by atoms with Gasteiger partial charge in [-0.05, 0) is 65.6 Å². The molecule has 8 nitrogen and oxygen atoms in total. The maximum Gasteiger partial charge on any atom is 0.247 e. The minimum atomic E-state index is -0.356. The number of methoxy groups -OCH3 is 5. The smallest absolute Gasteiger partial charge is 0.247 e. The van der Waals surface area contributed by atoms with Gasteiger partial charge in [0.2, 0.25) is 5.91 Å². The van der Waals surface area contributed by atoms with E-state index in [0.29, 0.717) is 47.5 Å². The van der Waals surface area contributed by atoms with Gasteiger partial charge in [0.25, 0.3) is 0 Å². The van der Waals surface area contributed by atoms with Crippen molar-refractivity contribution in [1.82, 2.24) is 4.90 Å². The van der Waals surface area contributed by atoms with Crippen molar-refractivity contribution in [2.45, 2.75) is 12.5 Å². The van der Waals surface area contributed by atoms with Crippen LogP contribution >= 0.6 is 0 Å². The van der Waals surface area contributed by atoms with E-state index in [0.717, 1.165) is 16.7 Å². The second-order valence-electron chi connectivity index (χ2n) is 8.61. The molecule has 200 valence electrons. The Labute approximate surface area is 223 Å². The fourth-order valence-electron chi connectivity index (χ4n) is 4.60. The number of carbonyl (C=O) groups is 1. The molecule has 0 aliphatic carbocycles. The van der Waals surface area contributed by atoms with Crippen LogP contribution in [0, 0.1) is 0 Å². The first-order valence-electron chi connectivity index (χ1n) is 12.2. The molecule has 4 rings (SSSR count). The number of carbonyl (C=O) groups excluding carboxylic acids is 1. The fraction of sp³-hybridized carbons (Fsp3) is 0.300. The molecular formula is C30H33NO7. The zero-order valence-electron chi connectivity index (χ0n) is 22.4. The largest absolute Gasteiger partial charge is 0.493 e. The Morgan fingerprint density at radius 3 is 2.08 bits per heavy atom. The molecular weight excluding hydrogens is 486 g/mol. The maximum absolute atomic E-state index is 13.5. The maximum atomic E-state index is 13.5. The molecule has 0 aromatic heterocycles. The summed E-state index contributed by atoms with van der Waals surface area (Å²) in [5.41, 5.74) is 2.86. The van der Waals surface area contributed by atoms with E-state index in [4.69, 9.17) is 28.4 Å². The molecule has 1 heterocycles. The molecule has 0 radical (unpaired) electrons. The highest BCUT2D eigenvalue weighted by molar-refractivity contribution is 5.92. The van der Waals surface area contributed by atoms with Gasteiger partial charge in [-0.1, -0.05) is 18.2 Å². The molecule has 1 amide bonds. The van der Waals surface area contributed by atoms with Crippen LogP contribution in [0.25, 0.3) is 6.08 Å². The van der Waals surface area contributed by atoms with Crippen molar-refractivity contribution in [3.8, 4) is 34.5 Å². The van der Waals surface area contributed by atoms with Gasteiger partial charge >= 0.3 is 0 Å². The van der Waals surface area contributed by atoms with Gasteiger partial charge in [-0.25, -0.2) is 0 Å². The van der Waals surface area contributed by atoms with Crippen molar-refractivity contribution in [3.05, 3.63) is 77.4 Å². The molecule has 0 fully saturated rings. The Kier molecular flexibility index (Phi) is 8.63. The van der Waals surface area contributed by atoms with Crippen LogP contribution in [-0.2, 0) is 11.2 Å². The Balaban J connectivity index is 1.65. The number of amides is 1. The molecule has 0 saturated heterocycles. The highest BCUT2D eigenvalue weighted by Crippen LogP contribution is 2.39. The monoisotopic (exact) mass is 519 g/mol. The van der Waals surface area contributed by atoms with Crippen LogP contribution in [0.15, 0.2) is 60.7 Å². The molecule has 1 atom stereocenters. The first-order valence-corrected chi connectivity index (χ1v) is 12.2. The van der Waals surface area contributed by atoms with Crippen LogP contribution in [-0.4, -0.2) is 59.5 Å².